The molecule has 2 N–H and O–H groups in total. The first-order valence-corrected chi connectivity index (χ1v) is 11.0. The summed E-state index contributed by atoms with van der Waals surface area (Å²) in [6, 6.07) is 20.4. The van der Waals surface area contributed by atoms with E-state index in [2.05, 4.69) is 26.7 Å². The number of methoxy groups -OCH3 is 1. The monoisotopic (exact) mass is 512 g/mol. The fourth-order valence-electron chi connectivity index (χ4n) is 3.52. The number of nitrogens with zero attached hydrogens (tertiary/aromatic N) is 1. The summed E-state index contributed by atoms with van der Waals surface area (Å²) in [5, 5.41) is 3.41. The molecule has 162 valence electrons. The van der Waals surface area contributed by atoms with Gasteiger partial charge in [-0.15, -0.1) is 10.1 Å². The summed E-state index contributed by atoms with van der Waals surface area (Å²) in [6.45, 7) is 0. The molecule has 6 nitrogen and oxygen atoms in total. The van der Waals surface area contributed by atoms with Crippen LogP contribution in [0, 0.1) is 0 Å². The number of hydrazone groups is 1. The van der Waals surface area contributed by atoms with E-state index in [4.69, 9.17) is 16.3 Å². The van der Waals surface area contributed by atoms with Crippen LogP contribution in [0.5, 0.6) is 5.75 Å². The normalized spacial score (nSPS) is 19.0. The summed E-state index contributed by atoms with van der Waals surface area (Å²) in [5.74, 6) is 0.0449. The van der Waals surface area contributed by atoms with Crippen LogP contribution >= 0.6 is 27.5 Å². The Bertz CT molecular complexity index is 1160. The SMILES string of the molecule is COc1ccc([C@H]2[C@@H](NC(=O)c3ccc(Cl)cc3)C(=O)N/[N+]2=C\c2ccc(Br)cc2)cc1. The number of carbonyl (C=O) groups is 2. The molecule has 1 aliphatic heterocycles. The second kappa shape index (κ2) is 9.54. The van der Waals surface area contributed by atoms with Crippen LogP contribution in [0.25, 0.3) is 0 Å². The highest BCUT2D eigenvalue weighted by Gasteiger charge is 2.47. The van der Waals surface area contributed by atoms with Gasteiger partial charge in [0, 0.05) is 26.2 Å². The Labute approximate surface area is 199 Å². The minimum absolute atomic E-state index is 0.304. The average molecular weight is 514 g/mol. The Kier molecular flexibility index (Phi) is 6.58. The molecule has 2 amide bonds. The van der Waals surface area contributed by atoms with Gasteiger partial charge < -0.3 is 10.1 Å². The van der Waals surface area contributed by atoms with E-state index in [1.54, 1.807) is 36.1 Å². The Hall–Kier alpha value is -3.16. The maximum absolute atomic E-state index is 12.9. The van der Waals surface area contributed by atoms with Gasteiger partial charge in [-0.05, 0) is 72.8 Å². The van der Waals surface area contributed by atoms with E-state index in [0.717, 1.165) is 15.6 Å². The molecule has 0 aliphatic carbocycles. The molecule has 0 unspecified atom stereocenters. The van der Waals surface area contributed by atoms with Crippen LogP contribution in [0.2, 0.25) is 5.02 Å². The number of carbonyl (C=O) groups excluding carboxylic acids is 2. The summed E-state index contributed by atoms with van der Waals surface area (Å²) in [6.07, 6.45) is 1.84. The molecule has 1 saturated heterocycles. The van der Waals surface area contributed by atoms with Crippen molar-refractivity contribution in [2.24, 2.45) is 0 Å². The van der Waals surface area contributed by atoms with Crippen molar-refractivity contribution in [3.05, 3.63) is 99.0 Å². The zero-order valence-electron chi connectivity index (χ0n) is 17.1. The van der Waals surface area contributed by atoms with Gasteiger partial charge in [0.25, 0.3) is 5.91 Å². The van der Waals surface area contributed by atoms with Crippen LogP contribution in [-0.4, -0.2) is 35.9 Å². The van der Waals surface area contributed by atoms with Gasteiger partial charge in [0.05, 0.1) is 7.11 Å². The van der Waals surface area contributed by atoms with Crippen LogP contribution in [0.3, 0.4) is 0 Å². The van der Waals surface area contributed by atoms with Gasteiger partial charge in [0.1, 0.15) is 5.75 Å². The lowest BCUT2D eigenvalue weighted by atomic mass is 9.99. The topological polar surface area (TPSA) is 70.4 Å². The zero-order valence-corrected chi connectivity index (χ0v) is 19.4. The molecule has 3 aromatic carbocycles. The Morgan fingerprint density at radius 3 is 2.34 bits per heavy atom. The summed E-state index contributed by atoms with van der Waals surface area (Å²) in [7, 11) is 1.60. The minimum Gasteiger partial charge on any atom is -0.497 e. The van der Waals surface area contributed by atoms with Crippen molar-refractivity contribution >= 4 is 45.6 Å². The Balaban J connectivity index is 1.69. The third-order valence-corrected chi connectivity index (χ3v) is 5.93. The van der Waals surface area contributed by atoms with E-state index >= 15 is 0 Å². The molecule has 0 bridgehead atoms. The van der Waals surface area contributed by atoms with Crippen LogP contribution in [-0.2, 0) is 4.79 Å². The van der Waals surface area contributed by atoms with Crippen LogP contribution in [0.1, 0.15) is 27.5 Å². The Morgan fingerprint density at radius 1 is 1.06 bits per heavy atom. The molecular weight excluding hydrogens is 494 g/mol. The first-order chi connectivity index (χ1) is 15.4. The largest absolute Gasteiger partial charge is 0.497 e. The lowest BCUT2D eigenvalue weighted by Crippen LogP contribution is -2.42. The van der Waals surface area contributed by atoms with Gasteiger partial charge in [0.2, 0.25) is 12.3 Å². The number of hydrazine groups is 1. The quantitative estimate of drug-likeness (QED) is 0.504. The van der Waals surface area contributed by atoms with Crippen molar-refractivity contribution < 1.29 is 19.0 Å². The maximum atomic E-state index is 12.9. The van der Waals surface area contributed by atoms with Gasteiger partial charge in [-0.3, -0.25) is 9.59 Å². The number of amides is 2. The third kappa shape index (κ3) is 4.84. The fourth-order valence-corrected chi connectivity index (χ4v) is 3.91. The van der Waals surface area contributed by atoms with Crippen LogP contribution in [0.4, 0.5) is 0 Å². The van der Waals surface area contributed by atoms with E-state index in [1.165, 1.54) is 0 Å². The maximum Gasteiger partial charge on any atom is 0.304 e. The highest BCUT2D eigenvalue weighted by Crippen LogP contribution is 2.27. The zero-order chi connectivity index (χ0) is 22.7. The van der Waals surface area contributed by atoms with Gasteiger partial charge in [-0.25, -0.2) is 0 Å². The van der Waals surface area contributed by atoms with Gasteiger partial charge in [-0.2, -0.15) is 0 Å². The summed E-state index contributed by atoms with van der Waals surface area (Å²) in [4.78, 5) is 25.8. The minimum atomic E-state index is -0.807. The van der Waals surface area contributed by atoms with Gasteiger partial charge in [-0.1, -0.05) is 27.5 Å². The van der Waals surface area contributed by atoms with Crippen molar-refractivity contribution in [3.63, 3.8) is 0 Å². The highest BCUT2D eigenvalue weighted by molar-refractivity contribution is 9.10. The van der Waals surface area contributed by atoms with Crippen LogP contribution in [0.15, 0.2) is 77.3 Å². The number of halogens is 2. The molecule has 32 heavy (non-hydrogen) atoms. The predicted molar refractivity (Wildman–Crippen MR) is 126 cm³/mol. The van der Waals surface area contributed by atoms with Crippen LogP contribution < -0.4 is 15.5 Å². The number of rotatable bonds is 5. The van der Waals surface area contributed by atoms with Gasteiger partial charge in [0.15, 0.2) is 6.04 Å². The van der Waals surface area contributed by atoms with E-state index in [1.807, 2.05) is 54.7 Å². The molecule has 2 atom stereocenters. The second-order valence-electron chi connectivity index (χ2n) is 7.24. The molecule has 3 aromatic rings. The van der Waals surface area contributed by atoms with Crippen molar-refractivity contribution in [3.8, 4) is 5.75 Å². The number of benzene rings is 3. The first kappa shape index (κ1) is 22.0. The predicted octanol–water partition coefficient (Wildman–Crippen LogP) is 4.13. The lowest BCUT2D eigenvalue weighted by molar-refractivity contribution is -0.596. The van der Waals surface area contributed by atoms with E-state index in [-0.39, 0.29) is 11.8 Å². The molecule has 0 spiro atoms. The summed E-state index contributed by atoms with van der Waals surface area (Å²) < 4.78 is 7.94. The van der Waals surface area contributed by atoms with E-state index in [9.17, 15) is 9.59 Å². The molecule has 0 aromatic heterocycles. The number of hydrogen-bond acceptors (Lipinski definition) is 3. The number of nitrogens with one attached hydrogen (secondary N) is 2. The fraction of sp³-hybridized carbons (Fsp3) is 0.125. The highest BCUT2D eigenvalue weighted by atomic mass is 79.9. The Morgan fingerprint density at radius 2 is 1.72 bits per heavy atom. The van der Waals surface area contributed by atoms with Crippen molar-refractivity contribution in [2.45, 2.75) is 12.1 Å². The molecule has 1 aliphatic rings. The van der Waals surface area contributed by atoms with Crippen molar-refractivity contribution in [2.75, 3.05) is 7.11 Å². The molecule has 1 fully saturated rings. The molecule has 4 rings (SSSR count). The van der Waals surface area contributed by atoms with Crippen molar-refractivity contribution in [1.29, 1.82) is 0 Å². The molecule has 0 saturated carbocycles. The van der Waals surface area contributed by atoms with Crippen molar-refractivity contribution in [1.82, 2.24) is 10.7 Å². The van der Waals surface area contributed by atoms with Gasteiger partial charge >= 0.3 is 5.91 Å². The number of hydrogen-bond donors (Lipinski definition) is 2. The molecule has 0 radical (unpaired) electrons. The number of ether oxygens (including phenoxy) is 1. The smallest absolute Gasteiger partial charge is 0.304 e. The summed E-state index contributed by atoms with van der Waals surface area (Å²) >= 11 is 9.35. The second-order valence-corrected chi connectivity index (χ2v) is 8.59. The first-order valence-electron chi connectivity index (χ1n) is 9.84. The molecule has 8 heteroatoms. The molecule has 1 heterocycles. The standard InChI is InChI=1S/C24H19BrClN3O3/c1-32-20-12-6-16(7-13-20)22-21(27-23(30)17-4-10-19(26)11-5-17)24(31)28-29(22)14-15-2-8-18(25)9-3-15/h2-14,21-22H,1H3,(H-,27,28,30,31)/p+1/b29-14-/t21-,22+/m1/s1. The van der Waals surface area contributed by atoms with E-state index in [0.29, 0.717) is 16.3 Å². The third-order valence-electron chi connectivity index (χ3n) is 5.15. The lowest BCUT2D eigenvalue weighted by Gasteiger charge is -2.15. The summed E-state index contributed by atoms with van der Waals surface area (Å²) in [5.41, 5.74) is 5.04. The molecular formula is C24H20BrClN3O3+. The average Bonchev–Trinajstić information content (AvgIpc) is 3.10. The van der Waals surface area contributed by atoms with E-state index < -0.39 is 12.1 Å².